The first-order chi connectivity index (χ1) is 9.03. The van der Waals surface area contributed by atoms with Gasteiger partial charge in [0.25, 0.3) is 0 Å². The number of nitrogens with zero attached hydrogens (tertiary/aromatic N) is 1. The second-order valence-corrected chi connectivity index (χ2v) is 6.28. The molecule has 1 aromatic heterocycles. The molecule has 20 heavy (non-hydrogen) atoms. The summed E-state index contributed by atoms with van der Waals surface area (Å²) in [6, 6.07) is 8.06. The van der Waals surface area contributed by atoms with Gasteiger partial charge in [-0.05, 0) is 26.0 Å². The van der Waals surface area contributed by atoms with Crippen molar-refractivity contribution in [3.05, 3.63) is 29.3 Å². The average molecular weight is 314 g/mol. The number of carbonyl (C=O) groups excluding carboxylic acids is 1. The van der Waals surface area contributed by atoms with Crippen molar-refractivity contribution in [1.82, 2.24) is 10.3 Å². The van der Waals surface area contributed by atoms with Gasteiger partial charge in [-0.2, -0.15) is 0 Å². The fraction of sp³-hybridized carbons (Fsp3) is 0.429. The maximum Gasteiger partial charge on any atom is 0.226 e. The van der Waals surface area contributed by atoms with E-state index in [1.807, 2.05) is 32.0 Å². The van der Waals surface area contributed by atoms with Gasteiger partial charge in [-0.3, -0.25) is 4.79 Å². The number of carbonyl (C=O) groups is 1. The molecule has 1 aromatic carbocycles. The standard InChI is InChI=1S/C14H19N3OS.ClH/c1-14(2,9-15)13(18)16-8-7-12-17-10-5-3-4-6-11(10)19-12;/h3-6H,7-9,15H2,1-2H3,(H,16,18);1H. The van der Waals surface area contributed by atoms with Crippen LogP contribution in [-0.4, -0.2) is 24.0 Å². The molecule has 3 N–H and O–H groups in total. The molecule has 4 nitrogen and oxygen atoms in total. The van der Waals surface area contributed by atoms with Crippen molar-refractivity contribution in [2.45, 2.75) is 20.3 Å². The SMILES string of the molecule is CC(C)(CN)C(=O)NCCc1nc2ccccc2s1.Cl. The van der Waals surface area contributed by atoms with E-state index in [9.17, 15) is 4.79 Å². The Bertz CT molecular complexity index is 550. The van der Waals surface area contributed by atoms with Gasteiger partial charge in [0.05, 0.1) is 20.6 Å². The van der Waals surface area contributed by atoms with Crippen LogP contribution >= 0.6 is 23.7 Å². The predicted molar refractivity (Wildman–Crippen MR) is 86.4 cm³/mol. The molecule has 2 rings (SSSR count). The van der Waals surface area contributed by atoms with Crippen LogP contribution in [0.5, 0.6) is 0 Å². The van der Waals surface area contributed by atoms with Crippen LogP contribution < -0.4 is 11.1 Å². The molecular formula is C14H20ClN3OS. The molecule has 1 heterocycles. The highest BCUT2D eigenvalue weighted by atomic mass is 35.5. The first kappa shape index (κ1) is 16.9. The third-order valence-corrected chi connectivity index (χ3v) is 4.18. The minimum absolute atomic E-state index is 0. The zero-order chi connectivity index (χ0) is 13.9. The number of nitrogens with one attached hydrogen (secondary N) is 1. The maximum atomic E-state index is 11.9. The number of thiazole rings is 1. The lowest BCUT2D eigenvalue weighted by molar-refractivity contribution is -0.128. The number of para-hydroxylation sites is 1. The van der Waals surface area contributed by atoms with Gasteiger partial charge < -0.3 is 11.1 Å². The molecule has 0 spiro atoms. The van der Waals surface area contributed by atoms with Crippen molar-refractivity contribution in [2.24, 2.45) is 11.1 Å². The molecule has 0 radical (unpaired) electrons. The molecule has 6 heteroatoms. The van der Waals surface area contributed by atoms with E-state index in [0.29, 0.717) is 13.1 Å². The van der Waals surface area contributed by atoms with Crippen LogP contribution in [0.3, 0.4) is 0 Å². The quantitative estimate of drug-likeness (QED) is 0.890. The fourth-order valence-corrected chi connectivity index (χ4v) is 2.61. The zero-order valence-electron chi connectivity index (χ0n) is 11.7. The van der Waals surface area contributed by atoms with Crippen molar-refractivity contribution in [2.75, 3.05) is 13.1 Å². The number of hydrogen-bond acceptors (Lipinski definition) is 4. The molecule has 0 unspecified atom stereocenters. The molecule has 2 aromatic rings. The van der Waals surface area contributed by atoms with Gasteiger partial charge in [-0.1, -0.05) is 12.1 Å². The van der Waals surface area contributed by atoms with E-state index in [1.54, 1.807) is 11.3 Å². The number of amides is 1. The van der Waals surface area contributed by atoms with Crippen molar-refractivity contribution in [1.29, 1.82) is 0 Å². The Morgan fingerprint density at radius 3 is 2.75 bits per heavy atom. The summed E-state index contributed by atoms with van der Waals surface area (Å²) in [6.07, 6.45) is 0.756. The number of nitrogens with two attached hydrogens (primary N) is 1. The Hall–Kier alpha value is -1.17. The Kier molecular flexibility index (Phi) is 5.92. The van der Waals surface area contributed by atoms with E-state index < -0.39 is 5.41 Å². The average Bonchev–Trinajstić information content (AvgIpc) is 2.81. The summed E-state index contributed by atoms with van der Waals surface area (Å²) in [5.74, 6) is -0.00360. The Morgan fingerprint density at radius 2 is 2.10 bits per heavy atom. The lowest BCUT2D eigenvalue weighted by Crippen LogP contribution is -2.42. The van der Waals surface area contributed by atoms with E-state index in [1.165, 1.54) is 4.70 Å². The molecular weight excluding hydrogens is 294 g/mol. The normalized spacial score (nSPS) is 11.2. The van der Waals surface area contributed by atoms with Crippen molar-refractivity contribution < 1.29 is 4.79 Å². The molecule has 0 fully saturated rings. The lowest BCUT2D eigenvalue weighted by atomic mass is 9.93. The minimum atomic E-state index is -0.506. The van der Waals surface area contributed by atoms with Crippen LogP contribution in [-0.2, 0) is 11.2 Å². The van der Waals surface area contributed by atoms with E-state index in [4.69, 9.17) is 5.73 Å². The van der Waals surface area contributed by atoms with Crippen molar-refractivity contribution >= 4 is 39.9 Å². The van der Waals surface area contributed by atoms with Crippen LogP contribution in [0.25, 0.3) is 10.2 Å². The summed E-state index contributed by atoms with van der Waals surface area (Å²) in [4.78, 5) is 16.4. The van der Waals surface area contributed by atoms with Gasteiger partial charge in [0.15, 0.2) is 0 Å². The van der Waals surface area contributed by atoms with Gasteiger partial charge >= 0.3 is 0 Å². The van der Waals surface area contributed by atoms with Gasteiger partial charge in [0, 0.05) is 19.5 Å². The van der Waals surface area contributed by atoms with E-state index in [0.717, 1.165) is 16.9 Å². The molecule has 1 amide bonds. The smallest absolute Gasteiger partial charge is 0.226 e. The van der Waals surface area contributed by atoms with Crippen molar-refractivity contribution in [3.8, 4) is 0 Å². The van der Waals surface area contributed by atoms with Gasteiger partial charge in [-0.25, -0.2) is 4.98 Å². The summed E-state index contributed by atoms with van der Waals surface area (Å²) >= 11 is 1.68. The maximum absolute atomic E-state index is 11.9. The summed E-state index contributed by atoms with van der Waals surface area (Å²) in [6.45, 7) is 4.64. The second kappa shape index (κ2) is 7.02. The third-order valence-electron chi connectivity index (χ3n) is 3.09. The monoisotopic (exact) mass is 313 g/mol. The van der Waals surface area contributed by atoms with Crippen molar-refractivity contribution in [3.63, 3.8) is 0 Å². The summed E-state index contributed by atoms with van der Waals surface area (Å²) in [5.41, 5.74) is 6.09. The number of benzene rings is 1. The van der Waals surface area contributed by atoms with Gasteiger partial charge in [-0.15, -0.1) is 23.7 Å². The Labute approximate surface area is 129 Å². The highest BCUT2D eigenvalue weighted by Crippen LogP contribution is 2.21. The first-order valence-electron chi connectivity index (χ1n) is 6.36. The van der Waals surface area contributed by atoms with E-state index in [-0.39, 0.29) is 18.3 Å². The predicted octanol–water partition coefficient (Wildman–Crippen LogP) is 2.36. The number of aromatic nitrogens is 1. The highest BCUT2D eigenvalue weighted by Gasteiger charge is 2.25. The number of rotatable bonds is 5. The van der Waals surface area contributed by atoms with E-state index in [2.05, 4.69) is 16.4 Å². The summed E-state index contributed by atoms with van der Waals surface area (Å²) in [7, 11) is 0. The largest absolute Gasteiger partial charge is 0.355 e. The molecule has 0 bridgehead atoms. The molecule has 110 valence electrons. The molecule has 0 saturated carbocycles. The Morgan fingerprint density at radius 1 is 1.40 bits per heavy atom. The van der Waals surface area contributed by atoms with Crippen LogP contribution in [0.15, 0.2) is 24.3 Å². The molecule has 0 saturated heterocycles. The molecule has 0 atom stereocenters. The second-order valence-electron chi connectivity index (χ2n) is 5.17. The highest BCUT2D eigenvalue weighted by molar-refractivity contribution is 7.18. The lowest BCUT2D eigenvalue weighted by Gasteiger charge is -2.20. The molecule has 0 aliphatic heterocycles. The van der Waals surface area contributed by atoms with Crippen LogP contribution in [0.1, 0.15) is 18.9 Å². The number of fused-ring (bicyclic) bond motifs is 1. The van der Waals surface area contributed by atoms with Gasteiger partial charge in [0.1, 0.15) is 0 Å². The van der Waals surface area contributed by atoms with Crippen LogP contribution in [0.4, 0.5) is 0 Å². The van der Waals surface area contributed by atoms with E-state index >= 15 is 0 Å². The fourth-order valence-electron chi connectivity index (χ4n) is 1.64. The van der Waals surface area contributed by atoms with Crippen LogP contribution in [0.2, 0.25) is 0 Å². The summed E-state index contributed by atoms with van der Waals surface area (Å²) in [5, 5.41) is 3.96. The minimum Gasteiger partial charge on any atom is -0.355 e. The summed E-state index contributed by atoms with van der Waals surface area (Å²) < 4.78 is 1.19. The third kappa shape index (κ3) is 3.91. The molecule has 0 aliphatic rings. The number of halogens is 1. The number of hydrogen-bond donors (Lipinski definition) is 2. The Balaban J connectivity index is 0.00000200. The zero-order valence-corrected chi connectivity index (χ0v) is 13.3. The van der Waals surface area contributed by atoms with Gasteiger partial charge in [0.2, 0.25) is 5.91 Å². The van der Waals surface area contributed by atoms with Crippen LogP contribution in [0, 0.1) is 5.41 Å². The first-order valence-corrected chi connectivity index (χ1v) is 7.17. The molecule has 0 aliphatic carbocycles. The topological polar surface area (TPSA) is 68.0 Å².